The quantitative estimate of drug-likeness (QED) is 0.736. The van der Waals surface area contributed by atoms with Gasteiger partial charge in [-0.15, -0.1) is 0 Å². The molecule has 1 aromatic carbocycles. The summed E-state index contributed by atoms with van der Waals surface area (Å²) in [7, 11) is 0. The van der Waals surface area contributed by atoms with Gasteiger partial charge in [0.15, 0.2) is 5.82 Å². The molecule has 3 N–H and O–H groups in total. The smallest absolute Gasteiger partial charge is 0.251 e. The molecule has 6 heteroatoms. The zero-order valence-corrected chi connectivity index (χ0v) is 9.92. The Kier molecular flexibility index (Phi) is 3.69. The number of nitrogens with zero attached hydrogens (tertiary/aromatic N) is 2. The summed E-state index contributed by atoms with van der Waals surface area (Å²) >= 11 is 0. The first kappa shape index (κ1) is 12.3. The standard InChI is InChI=1S/C12H14N4O2/c1-8(6-17)15-12(18)10-4-2-3-9(5-10)11-13-7-14-16-11/h2-5,7-8,17H,6H2,1H3,(H,15,18)(H,13,14,16). The number of benzene rings is 1. The minimum absolute atomic E-state index is 0.0897. The van der Waals surface area contributed by atoms with Gasteiger partial charge in [-0.05, 0) is 19.1 Å². The number of H-pyrrole nitrogens is 1. The number of aromatic nitrogens is 3. The topological polar surface area (TPSA) is 90.9 Å². The third kappa shape index (κ3) is 2.72. The molecular formula is C12H14N4O2. The van der Waals surface area contributed by atoms with Crippen molar-refractivity contribution in [3.05, 3.63) is 36.2 Å². The normalized spacial score (nSPS) is 12.1. The van der Waals surface area contributed by atoms with E-state index in [1.807, 2.05) is 6.07 Å². The Labute approximate surface area is 104 Å². The highest BCUT2D eigenvalue weighted by molar-refractivity contribution is 5.95. The Morgan fingerprint density at radius 1 is 1.56 bits per heavy atom. The number of amides is 1. The largest absolute Gasteiger partial charge is 0.394 e. The van der Waals surface area contributed by atoms with Crippen LogP contribution in [-0.2, 0) is 0 Å². The number of nitrogens with one attached hydrogen (secondary N) is 2. The van der Waals surface area contributed by atoms with Crippen LogP contribution in [0, 0.1) is 0 Å². The summed E-state index contributed by atoms with van der Waals surface area (Å²) in [4.78, 5) is 15.9. The van der Waals surface area contributed by atoms with E-state index in [2.05, 4.69) is 20.5 Å². The second-order valence-corrected chi connectivity index (χ2v) is 3.97. The van der Waals surface area contributed by atoms with E-state index in [1.54, 1.807) is 25.1 Å². The van der Waals surface area contributed by atoms with Crippen LogP contribution in [0.3, 0.4) is 0 Å². The van der Waals surface area contributed by atoms with Crippen LogP contribution in [0.15, 0.2) is 30.6 Å². The van der Waals surface area contributed by atoms with Crippen LogP contribution < -0.4 is 5.32 Å². The molecule has 18 heavy (non-hydrogen) atoms. The summed E-state index contributed by atoms with van der Waals surface area (Å²) in [5.74, 6) is 0.387. The number of hydrogen-bond donors (Lipinski definition) is 3. The van der Waals surface area contributed by atoms with E-state index in [0.29, 0.717) is 11.4 Å². The molecule has 0 fully saturated rings. The Bertz CT molecular complexity index is 525. The average Bonchev–Trinajstić information content (AvgIpc) is 2.92. The first-order valence-electron chi connectivity index (χ1n) is 5.58. The molecule has 0 aliphatic heterocycles. The number of rotatable bonds is 4. The van der Waals surface area contributed by atoms with E-state index in [9.17, 15) is 4.79 Å². The SMILES string of the molecule is CC(CO)NC(=O)c1cccc(-c2ncn[nH]2)c1. The summed E-state index contributed by atoms with van der Waals surface area (Å²) in [6.07, 6.45) is 1.41. The summed E-state index contributed by atoms with van der Waals surface area (Å²) in [5, 5.41) is 18.1. The highest BCUT2D eigenvalue weighted by Gasteiger charge is 2.10. The number of hydrogen-bond acceptors (Lipinski definition) is 4. The second-order valence-electron chi connectivity index (χ2n) is 3.97. The predicted octanol–water partition coefficient (Wildman–Crippen LogP) is 0.582. The van der Waals surface area contributed by atoms with E-state index in [4.69, 9.17) is 5.11 Å². The predicted molar refractivity (Wildman–Crippen MR) is 65.8 cm³/mol. The van der Waals surface area contributed by atoms with Crippen molar-refractivity contribution in [2.45, 2.75) is 13.0 Å². The fourth-order valence-electron chi connectivity index (χ4n) is 1.51. The van der Waals surface area contributed by atoms with Gasteiger partial charge in [-0.25, -0.2) is 4.98 Å². The molecule has 1 amide bonds. The number of aromatic amines is 1. The third-order valence-electron chi connectivity index (χ3n) is 2.46. The maximum Gasteiger partial charge on any atom is 0.251 e. The molecule has 0 bridgehead atoms. The van der Waals surface area contributed by atoms with Gasteiger partial charge in [0.05, 0.1) is 6.61 Å². The highest BCUT2D eigenvalue weighted by Crippen LogP contribution is 2.15. The molecule has 1 aromatic heterocycles. The number of aliphatic hydroxyl groups is 1. The summed E-state index contributed by atoms with van der Waals surface area (Å²) in [6.45, 7) is 1.64. The van der Waals surface area contributed by atoms with Crippen molar-refractivity contribution >= 4 is 5.91 Å². The summed E-state index contributed by atoms with van der Waals surface area (Å²) < 4.78 is 0. The van der Waals surface area contributed by atoms with Crippen molar-refractivity contribution in [3.8, 4) is 11.4 Å². The fourth-order valence-corrected chi connectivity index (χ4v) is 1.51. The maximum absolute atomic E-state index is 11.9. The second kappa shape index (κ2) is 5.42. The van der Waals surface area contributed by atoms with E-state index < -0.39 is 0 Å². The molecule has 0 saturated carbocycles. The van der Waals surface area contributed by atoms with E-state index in [-0.39, 0.29) is 18.6 Å². The van der Waals surface area contributed by atoms with Crippen molar-refractivity contribution in [1.82, 2.24) is 20.5 Å². The Hall–Kier alpha value is -2.21. The lowest BCUT2D eigenvalue weighted by Gasteiger charge is -2.11. The van der Waals surface area contributed by atoms with Gasteiger partial charge in [0.1, 0.15) is 6.33 Å². The van der Waals surface area contributed by atoms with Gasteiger partial charge in [-0.2, -0.15) is 5.10 Å². The number of carbonyl (C=O) groups is 1. The lowest BCUT2D eigenvalue weighted by molar-refractivity contribution is 0.0922. The summed E-state index contributed by atoms with van der Waals surface area (Å²) in [5.41, 5.74) is 1.31. The molecule has 0 saturated heterocycles. The molecule has 0 radical (unpaired) electrons. The van der Waals surface area contributed by atoms with Crippen LogP contribution in [0.5, 0.6) is 0 Å². The van der Waals surface area contributed by atoms with E-state index in [1.165, 1.54) is 6.33 Å². The molecule has 94 valence electrons. The highest BCUT2D eigenvalue weighted by atomic mass is 16.3. The molecular weight excluding hydrogens is 232 g/mol. The van der Waals surface area contributed by atoms with Crippen molar-refractivity contribution in [2.24, 2.45) is 0 Å². The maximum atomic E-state index is 11.9. The third-order valence-corrected chi connectivity index (χ3v) is 2.46. The van der Waals surface area contributed by atoms with Crippen molar-refractivity contribution in [3.63, 3.8) is 0 Å². The first-order chi connectivity index (χ1) is 8.70. The van der Waals surface area contributed by atoms with Crippen LogP contribution in [0.2, 0.25) is 0 Å². The van der Waals surface area contributed by atoms with Gasteiger partial charge < -0.3 is 10.4 Å². The first-order valence-corrected chi connectivity index (χ1v) is 5.58. The Morgan fingerprint density at radius 2 is 2.39 bits per heavy atom. The number of carbonyl (C=O) groups excluding carboxylic acids is 1. The molecule has 0 aliphatic carbocycles. The van der Waals surface area contributed by atoms with Gasteiger partial charge >= 0.3 is 0 Å². The zero-order valence-electron chi connectivity index (χ0n) is 9.92. The molecule has 1 atom stereocenters. The van der Waals surface area contributed by atoms with Crippen LogP contribution in [0.25, 0.3) is 11.4 Å². The van der Waals surface area contributed by atoms with E-state index >= 15 is 0 Å². The zero-order chi connectivity index (χ0) is 13.0. The van der Waals surface area contributed by atoms with Gasteiger partial charge in [-0.1, -0.05) is 12.1 Å². The summed E-state index contributed by atoms with van der Waals surface area (Å²) in [6, 6.07) is 6.77. The average molecular weight is 246 g/mol. The van der Waals surface area contributed by atoms with E-state index in [0.717, 1.165) is 5.56 Å². The van der Waals surface area contributed by atoms with Gasteiger partial charge in [0, 0.05) is 17.2 Å². The monoisotopic (exact) mass is 246 g/mol. The van der Waals surface area contributed by atoms with Gasteiger partial charge in [0.2, 0.25) is 0 Å². The van der Waals surface area contributed by atoms with Gasteiger partial charge in [-0.3, -0.25) is 9.89 Å². The number of aliphatic hydroxyl groups excluding tert-OH is 1. The fraction of sp³-hybridized carbons (Fsp3) is 0.250. The lowest BCUT2D eigenvalue weighted by Crippen LogP contribution is -2.34. The minimum atomic E-state index is -0.272. The molecule has 2 aromatic rings. The molecule has 1 heterocycles. The van der Waals surface area contributed by atoms with Crippen molar-refractivity contribution < 1.29 is 9.90 Å². The molecule has 1 unspecified atom stereocenters. The molecule has 0 spiro atoms. The Morgan fingerprint density at radius 3 is 3.06 bits per heavy atom. The minimum Gasteiger partial charge on any atom is -0.394 e. The molecule has 2 rings (SSSR count). The lowest BCUT2D eigenvalue weighted by atomic mass is 10.1. The van der Waals surface area contributed by atoms with Crippen molar-refractivity contribution in [2.75, 3.05) is 6.61 Å². The van der Waals surface area contributed by atoms with Crippen LogP contribution in [0.4, 0.5) is 0 Å². The van der Waals surface area contributed by atoms with Crippen molar-refractivity contribution in [1.29, 1.82) is 0 Å². The van der Waals surface area contributed by atoms with Crippen LogP contribution in [0.1, 0.15) is 17.3 Å². The molecule has 0 aliphatic rings. The van der Waals surface area contributed by atoms with Crippen LogP contribution >= 0.6 is 0 Å². The van der Waals surface area contributed by atoms with Crippen LogP contribution in [-0.4, -0.2) is 38.8 Å². The Balaban J connectivity index is 2.20. The molecule has 6 nitrogen and oxygen atoms in total. The van der Waals surface area contributed by atoms with Gasteiger partial charge in [0.25, 0.3) is 5.91 Å².